The maximum atomic E-state index is 10.6. The van der Waals surface area contributed by atoms with Gasteiger partial charge in [-0.1, -0.05) is 42.6 Å². The highest BCUT2D eigenvalue weighted by Crippen LogP contribution is 2.27. The van der Waals surface area contributed by atoms with E-state index in [1.54, 1.807) is 24.3 Å². The van der Waals surface area contributed by atoms with Crippen LogP contribution in [-0.2, 0) is 4.79 Å². The lowest BCUT2D eigenvalue weighted by molar-refractivity contribution is -0.135. The van der Waals surface area contributed by atoms with Crippen molar-refractivity contribution in [2.24, 2.45) is 0 Å². The van der Waals surface area contributed by atoms with E-state index in [2.05, 4.69) is 0 Å². The SMILES string of the molecule is CCC/C(=C\CC(=O)O)c1cc(Cl)cc(Cl)c1. The van der Waals surface area contributed by atoms with E-state index < -0.39 is 5.97 Å². The molecule has 0 fully saturated rings. The molecule has 0 bridgehead atoms. The third kappa shape index (κ3) is 4.80. The third-order valence-electron chi connectivity index (χ3n) is 2.28. The Hall–Kier alpha value is -0.990. The van der Waals surface area contributed by atoms with E-state index in [9.17, 15) is 4.79 Å². The normalized spacial score (nSPS) is 11.6. The van der Waals surface area contributed by atoms with Gasteiger partial charge in [0.1, 0.15) is 0 Å². The van der Waals surface area contributed by atoms with Crippen molar-refractivity contribution in [1.82, 2.24) is 0 Å². The molecule has 4 heteroatoms. The van der Waals surface area contributed by atoms with E-state index in [0.717, 1.165) is 24.0 Å². The Bertz CT molecular complexity index is 419. The fourth-order valence-corrected chi connectivity index (χ4v) is 2.11. The topological polar surface area (TPSA) is 37.3 Å². The Kier molecular flexibility index (Phi) is 5.52. The molecule has 0 heterocycles. The number of benzene rings is 1. The first kappa shape index (κ1) is 14.1. The smallest absolute Gasteiger partial charge is 0.307 e. The minimum atomic E-state index is -0.841. The van der Waals surface area contributed by atoms with E-state index in [1.165, 1.54) is 0 Å². The monoisotopic (exact) mass is 272 g/mol. The fraction of sp³-hybridized carbons (Fsp3) is 0.308. The molecule has 1 N–H and O–H groups in total. The molecular formula is C13H14Cl2O2. The van der Waals surface area contributed by atoms with Crippen LogP contribution in [0.3, 0.4) is 0 Å². The molecule has 0 saturated carbocycles. The number of carboxylic acid groups (broad SMARTS) is 1. The number of carboxylic acids is 1. The minimum Gasteiger partial charge on any atom is -0.481 e. The van der Waals surface area contributed by atoms with Gasteiger partial charge in [-0.2, -0.15) is 0 Å². The fourth-order valence-electron chi connectivity index (χ4n) is 1.58. The van der Waals surface area contributed by atoms with Crippen molar-refractivity contribution in [3.63, 3.8) is 0 Å². The van der Waals surface area contributed by atoms with Gasteiger partial charge in [-0.3, -0.25) is 4.79 Å². The molecule has 0 aliphatic carbocycles. The number of rotatable bonds is 5. The van der Waals surface area contributed by atoms with Gasteiger partial charge >= 0.3 is 5.97 Å². The highest BCUT2D eigenvalue weighted by atomic mass is 35.5. The second-order valence-corrected chi connectivity index (χ2v) is 4.61. The summed E-state index contributed by atoms with van der Waals surface area (Å²) in [5, 5.41) is 9.81. The number of carbonyl (C=O) groups is 1. The van der Waals surface area contributed by atoms with Gasteiger partial charge in [0, 0.05) is 10.0 Å². The van der Waals surface area contributed by atoms with Crippen LogP contribution in [0.25, 0.3) is 5.57 Å². The summed E-state index contributed by atoms with van der Waals surface area (Å²) in [6.07, 6.45) is 3.48. The van der Waals surface area contributed by atoms with Crippen LogP contribution in [-0.4, -0.2) is 11.1 Å². The standard InChI is InChI=1S/C13H14Cl2O2/c1-2-3-9(4-5-13(16)17)10-6-11(14)8-12(15)7-10/h4,6-8H,2-3,5H2,1H3,(H,16,17)/b9-4+. The first-order chi connectivity index (χ1) is 8.02. The second kappa shape index (κ2) is 6.67. The lowest BCUT2D eigenvalue weighted by Gasteiger charge is -2.07. The van der Waals surface area contributed by atoms with E-state index >= 15 is 0 Å². The van der Waals surface area contributed by atoms with Gasteiger partial charge in [-0.25, -0.2) is 0 Å². The van der Waals surface area contributed by atoms with Gasteiger partial charge in [-0.05, 0) is 35.8 Å². The summed E-state index contributed by atoms with van der Waals surface area (Å²) in [6.45, 7) is 2.04. The number of hydrogen-bond donors (Lipinski definition) is 1. The van der Waals surface area contributed by atoms with Crippen molar-refractivity contribution in [3.8, 4) is 0 Å². The van der Waals surface area contributed by atoms with Crippen molar-refractivity contribution in [2.45, 2.75) is 26.2 Å². The van der Waals surface area contributed by atoms with Crippen LogP contribution in [0, 0.1) is 0 Å². The van der Waals surface area contributed by atoms with Crippen LogP contribution in [0.1, 0.15) is 31.7 Å². The quantitative estimate of drug-likeness (QED) is 0.847. The van der Waals surface area contributed by atoms with E-state index in [4.69, 9.17) is 28.3 Å². The largest absolute Gasteiger partial charge is 0.481 e. The molecule has 1 aromatic rings. The molecule has 17 heavy (non-hydrogen) atoms. The zero-order chi connectivity index (χ0) is 12.8. The molecule has 0 radical (unpaired) electrons. The molecule has 1 aromatic carbocycles. The molecule has 0 aliphatic rings. The van der Waals surface area contributed by atoms with Crippen LogP contribution in [0.4, 0.5) is 0 Å². The molecular weight excluding hydrogens is 259 g/mol. The molecule has 1 rings (SSSR count). The molecule has 92 valence electrons. The summed E-state index contributed by atoms with van der Waals surface area (Å²) in [6, 6.07) is 5.26. The minimum absolute atomic E-state index is 0.0134. The zero-order valence-corrected chi connectivity index (χ0v) is 11.1. The van der Waals surface area contributed by atoms with Crippen molar-refractivity contribution in [1.29, 1.82) is 0 Å². The molecule has 0 amide bonds. The van der Waals surface area contributed by atoms with Gasteiger partial charge in [0.2, 0.25) is 0 Å². The highest BCUT2D eigenvalue weighted by Gasteiger charge is 2.05. The van der Waals surface area contributed by atoms with E-state index in [-0.39, 0.29) is 6.42 Å². The Balaban J connectivity index is 3.04. The summed E-state index contributed by atoms with van der Waals surface area (Å²) < 4.78 is 0. The average molecular weight is 273 g/mol. The summed E-state index contributed by atoms with van der Waals surface area (Å²) >= 11 is 11.9. The van der Waals surface area contributed by atoms with Crippen LogP contribution in [0.5, 0.6) is 0 Å². The average Bonchev–Trinajstić information content (AvgIpc) is 2.22. The first-order valence-electron chi connectivity index (χ1n) is 5.40. The van der Waals surface area contributed by atoms with Crippen molar-refractivity contribution >= 4 is 34.7 Å². The van der Waals surface area contributed by atoms with Crippen molar-refractivity contribution in [2.75, 3.05) is 0 Å². The first-order valence-corrected chi connectivity index (χ1v) is 6.15. The van der Waals surface area contributed by atoms with Gasteiger partial charge in [0.05, 0.1) is 6.42 Å². The summed E-state index contributed by atoms with van der Waals surface area (Å²) in [4.78, 5) is 10.6. The van der Waals surface area contributed by atoms with Crippen LogP contribution in [0.2, 0.25) is 10.0 Å². The van der Waals surface area contributed by atoms with E-state index in [1.807, 2.05) is 6.92 Å². The number of halogens is 2. The Morgan fingerprint density at radius 3 is 2.35 bits per heavy atom. The predicted molar refractivity (Wildman–Crippen MR) is 71.6 cm³/mol. The Labute approximate surface area is 111 Å². The summed E-state index contributed by atoms with van der Waals surface area (Å²) in [7, 11) is 0. The van der Waals surface area contributed by atoms with Crippen LogP contribution >= 0.6 is 23.2 Å². The van der Waals surface area contributed by atoms with Gasteiger partial charge in [0.15, 0.2) is 0 Å². The molecule has 2 nitrogen and oxygen atoms in total. The van der Waals surface area contributed by atoms with Gasteiger partial charge in [-0.15, -0.1) is 0 Å². The highest BCUT2D eigenvalue weighted by molar-refractivity contribution is 6.34. The number of allylic oxidation sites excluding steroid dienone is 1. The molecule has 0 saturated heterocycles. The van der Waals surface area contributed by atoms with Crippen molar-refractivity contribution in [3.05, 3.63) is 39.9 Å². The molecule has 0 atom stereocenters. The van der Waals surface area contributed by atoms with Gasteiger partial charge in [0.25, 0.3) is 0 Å². The predicted octanol–water partition coefficient (Wildman–Crippen LogP) is 4.65. The molecule has 0 aliphatic heterocycles. The maximum Gasteiger partial charge on any atom is 0.307 e. The second-order valence-electron chi connectivity index (χ2n) is 3.74. The third-order valence-corrected chi connectivity index (χ3v) is 2.71. The number of hydrogen-bond acceptors (Lipinski definition) is 1. The molecule has 0 spiro atoms. The van der Waals surface area contributed by atoms with Gasteiger partial charge < -0.3 is 5.11 Å². The number of aliphatic carboxylic acids is 1. The van der Waals surface area contributed by atoms with Crippen LogP contribution in [0.15, 0.2) is 24.3 Å². The summed E-state index contributed by atoms with van der Waals surface area (Å²) in [5.74, 6) is -0.841. The lowest BCUT2D eigenvalue weighted by Crippen LogP contribution is -1.93. The zero-order valence-electron chi connectivity index (χ0n) is 9.54. The Morgan fingerprint density at radius 2 is 1.88 bits per heavy atom. The van der Waals surface area contributed by atoms with Crippen molar-refractivity contribution < 1.29 is 9.90 Å². The lowest BCUT2D eigenvalue weighted by atomic mass is 10.0. The van der Waals surface area contributed by atoms with E-state index in [0.29, 0.717) is 10.0 Å². The molecule has 0 aromatic heterocycles. The Morgan fingerprint density at radius 1 is 1.29 bits per heavy atom. The summed E-state index contributed by atoms with van der Waals surface area (Å²) in [5.41, 5.74) is 1.87. The molecule has 0 unspecified atom stereocenters. The van der Waals surface area contributed by atoms with Crippen LogP contribution < -0.4 is 0 Å². The maximum absolute atomic E-state index is 10.6.